The van der Waals surface area contributed by atoms with Crippen LogP contribution in [0.2, 0.25) is 0 Å². The lowest BCUT2D eigenvalue weighted by Gasteiger charge is -2.35. The molecule has 17 heteroatoms. The monoisotopic (exact) mass is 1770 g/mol. The lowest BCUT2D eigenvalue weighted by Crippen LogP contribution is -2.36. The number of hydrogen-bond acceptors (Lipinski definition) is 15. The van der Waals surface area contributed by atoms with Gasteiger partial charge in [0.25, 0.3) is 0 Å². The number of aromatic carboxylic acids is 2. The average Bonchev–Trinajstić information content (AvgIpc) is 0.719. The number of phenols is 2. The Morgan fingerprint density at radius 1 is 0.422 bits per heavy atom. The second-order valence-corrected chi connectivity index (χ2v) is 35.5. The van der Waals surface area contributed by atoms with Crippen LogP contribution >= 0.6 is 0 Å². The maximum Gasteiger partial charge on any atom is 0.336 e. The Morgan fingerprint density at radius 2 is 0.911 bits per heavy atom. The van der Waals surface area contributed by atoms with Crippen molar-refractivity contribution in [2.24, 2.45) is 0 Å². The van der Waals surface area contributed by atoms with Gasteiger partial charge in [0.2, 0.25) is 0 Å². The lowest BCUT2D eigenvalue weighted by atomic mass is 9.71. The van der Waals surface area contributed by atoms with Crippen LogP contribution in [-0.2, 0) is 37.1 Å². The highest BCUT2D eigenvalue weighted by Gasteiger charge is 2.38. The third-order valence-electron chi connectivity index (χ3n) is 26.5. The number of fused-ring (bicyclic) bond motifs is 8. The van der Waals surface area contributed by atoms with Crippen molar-refractivity contribution >= 4 is 89.3 Å². The van der Waals surface area contributed by atoms with Gasteiger partial charge in [-0.05, 0) is 266 Å². The number of nitrogens with one attached hydrogen (secondary N) is 4. The number of aryl methyl sites for hydroxylation is 5. The van der Waals surface area contributed by atoms with Crippen molar-refractivity contribution in [3.8, 4) is 56.2 Å². The van der Waals surface area contributed by atoms with Crippen molar-refractivity contribution < 1.29 is 39.2 Å². The first kappa shape index (κ1) is 88.2. The summed E-state index contributed by atoms with van der Waals surface area (Å²) in [5.41, 5.74) is 28.3. The smallest absolute Gasteiger partial charge is 0.336 e. The number of nitrogens with zero attached hydrogens (tertiary/aromatic N) is 4. The number of carboxylic acid groups (broad SMARTS) is 2. The Morgan fingerprint density at radius 3 is 1.45 bits per heavy atom. The van der Waals surface area contributed by atoms with E-state index in [1.165, 1.54) is 6.07 Å². The van der Waals surface area contributed by atoms with Gasteiger partial charge in [-0.3, -0.25) is 29.5 Å². The number of pyridine rings is 4. The highest BCUT2D eigenvalue weighted by molar-refractivity contribution is 6.12. The second kappa shape index (κ2) is 37.3. The SMILES string of the molecule is Cc1ccc2c(C)ccc(C(C)NC(C)C3=C4Cc5c(cc(C)c(O)c5C(C)NC(C)c5ccc(C)c6ccc(C)nc56)C(c5ccccc5C(=O)O)=C4C=CC3=O)c2n1.O=C(O)c1ccccc1-c1c2ccc(=O)c(CNc3cc(-c4ccccc4)cc4ccc(Cc5ccccc5)nc34)c-2oc2c(CNc3cc(-c4ccccc4)cc4ccc(Cc5ccccc5)nc34)c(O)ccc12. The van der Waals surface area contributed by atoms with E-state index in [1.807, 2.05) is 137 Å². The number of phenolic OH excluding ortho intramolecular Hbond substituents is 2. The molecule has 4 atom stereocenters. The number of carbonyl (C=O) groups is 3. The number of rotatable bonds is 24. The summed E-state index contributed by atoms with van der Waals surface area (Å²) in [5.74, 6) is -1.87. The van der Waals surface area contributed by atoms with E-state index in [2.05, 4.69) is 189 Å². The molecule has 0 saturated heterocycles. The van der Waals surface area contributed by atoms with Gasteiger partial charge < -0.3 is 46.1 Å². The van der Waals surface area contributed by atoms with Gasteiger partial charge in [0.05, 0.1) is 55.7 Å². The third-order valence-corrected chi connectivity index (χ3v) is 26.5. The molecular formula is C118H100N8O9. The molecule has 1 aliphatic heterocycles. The van der Waals surface area contributed by atoms with Gasteiger partial charge in [-0.1, -0.05) is 212 Å². The summed E-state index contributed by atoms with van der Waals surface area (Å²) < 4.78 is 7.02. The fourth-order valence-electron chi connectivity index (χ4n) is 19.8. The molecule has 12 aromatic carbocycles. The number of ketones is 1. The van der Waals surface area contributed by atoms with Crippen LogP contribution in [0.1, 0.15) is 162 Å². The maximum absolute atomic E-state index is 14.4. The molecule has 8 N–H and O–H groups in total. The zero-order chi connectivity index (χ0) is 93.6. The van der Waals surface area contributed by atoms with Crippen LogP contribution in [0, 0.1) is 34.6 Å². The topological polar surface area (TPSA) is 262 Å². The summed E-state index contributed by atoms with van der Waals surface area (Å²) in [7, 11) is 0. The highest BCUT2D eigenvalue weighted by Crippen LogP contribution is 2.51. The second-order valence-electron chi connectivity index (χ2n) is 35.5. The van der Waals surface area contributed by atoms with Gasteiger partial charge in [-0.25, -0.2) is 9.59 Å². The predicted molar refractivity (Wildman–Crippen MR) is 541 cm³/mol. The third kappa shape index (κ3) is 17.5. The summed E-state index contributed by atoms with van der Waals surface area (Å²) in [6, 6.07) is 95.5. The normalized spacial score (nSPS) is 13.4. The van der Waals surface area contributed by atoms with Gasteiger partial charge in [-0.2, -0.15) is 0 Å². The van der Waals surface area contributed by atoms with Crippen molar-refractivity contribution in [1.82, 2.24) is 30.6 Å². The minimum absolute atomic E-state index is 0.0325. The van der Waals surface area contributed by atoms with Crippen LogP contribution in [0.3, 0.4) is 0 Å². The predicted octanol–water partition coefficient (Wildman–Crippen LogP) is 25.5. The molecule has 135 heavy (non-hydrogen) atoms. The van der Waals surface area contributed by atoms with Crippen molar-refractivity contribution in [3.05, 3.63) is 443 Å². The van der Waals surface area contributed by atoms with Gasteiger partial charge in [0, 0.05) is 122 Å². The fraction of sp³-hybridized carbons (Fsp3) is 0.153. The maximum atomic E-state index is 14.4. The molecule has 17 nitrogen and oxygen atoms in total. The molecule has 4 aromatic heterocycles. The molecule has 0 amide bonds. The number of carbonyl (C=O) groups excluding carboxylic acids is 1. The number of aromatic nitrogens is 4. The van der Waals surface area contributed by atoms with E-state index < -0.39 is 18.0 Å². The molecule has 0 spiro atoms. The number of carboxylic acids is 2. The van der Waals surface area contributed by atoms with Crippen molar-refractivity contribution in [2.45, 2.75) is 119 Å². The van der Waals surface area contributed by atoms with Crippen molar-refractivity contribution in [3.63, 3.8) is 0 Å². The van der Waals surface area contributed by atoms with Crippen LogP contribution in [0.4, 0.5) is 11.4 Å². The standard InChI is InChI=1S/C66H48N4O5.C52H52N4O4/c71-59-31-29-53-61(51-23-13-14-24-52(51)66(73)74)54-30-32-60(72)56(40-68-58-38-48(44-21-11-4-12-22-44)36-46-26-28-50(70-63(46)58)34-42-17-7-2-8-18-42)65(54)75-64(53)55(59)39-67-57-37-47(43-19-9-3-10-20-43)35-45-25-27-49(69-62(45)57)33-41-15-5-1-6-16-41;1-26-14-18-37(49-35(26)20-16-29(4)53-49)31(6)55-33(8)46-43-25-44-42(48(40(43)22-23-45(46)57)39-12-10-11-13-41(39)52(59)60)24-28(3)51(58)47(44)34(9)56-32(7)38-19-15-27(2)36-21-17-30(5)54-50(36)38/h1-32,35-38,67-68,71H,33-34,39-40H2,(H,73,74);10-24,31-34,55-56,58H,25H2,1-9H3,(H,59,60). The molecule has 0 fully saturated rings. The van der Waals surface area contributed by atoms with Crippen LogP contribution in [0.5, 0.6) is 11.5 Å². The van der Waals surface area contributed by atoms with E-state index in [1.54, 1.807) is 60.7 Å². The Bertz CT molecular complexity index is 7920. The van der Waals surface area contributed by atoms with Crippen LogP contribution in [0.25, 0.3) is 105 Å². The minimum atomic E-state index is -1.11. The number of hydrogen-bond donors (Lipinski definition) is 8. The average molecular weight is 1770 g/mol. The first-order valence-corrected chi connectivity index (χ1v) is 45.7. The van der Waals surface area contributed by atoms with Crippen LogP contribution < -0.4 is 26.7 Å². The van der Waals surface area contributed by atoms with E-state index >= 15 is 0 Å². The Labute approximate surface area is 782 Å². The Hall–Kier alpha value is -16.1. The molecule has 0 saturated carbocycles. The summed E-state index contributed by atoms with van der Waals surface area (Å²) in [5, 5.41) is 64.6. The zero-order valence-corrected chi connectivity index (χ0v) is 76.4. The number of aromatic hydroxyl groups is 2. The quantitative estimate of drug-likeness (QED) is 0.0261. The summed E-state index contributed by atoms with van der Waals surface area (Å²) in [6.45, 7) is 18.5. The van der Waals surface area contributed by atoms with Gasteiger partial charge in [0.15, 0.2) is 11.2 Å². The minimum Gasteiger partial charge on any atom is -0.507 e. The number of anilines is 2. The van der Waals surface area contributed by atoms with E-state index in [9.17, 15) is 39.6 Å². The first-order chi connectivity index (χ1) is 65.4. The van der Waals surface area contributed by atoms with Crippen LogP contribution in [-0.4, -0.2) is 64.1 Å². The Kier molecular flexibility index (Phi) is 24.4. The zero-order valence-electron chi connectivity index (χ0n) is 76.4. The molecular weight excluding hydrogens is 1670 g/mol. The number of allylic oxidation sites excluding steroid dienone is 4. The molecule has 0 radical (unpaired) electrons. The molecule has 666 valence electrons. The van der Waals surface area contributed by atoms with Crippen molar-refractivity contribution in [2.75, 3.05) is 10.6 Å². The Balaban J connectivity index is 0.000000178. The molecule has 4 aliphatic rings. The van der Waals surface area contributed by atoms with Gasteiger partial charge in [-0.15, -0.1) is 0 Å². The largest absolute Gasteiger partial charge is 0.507 e. The lowest BCUT2D eigenvalue weighted by molar-refractivity contribution is -0.111. The number of benzene rings is 13. The van der Waals surface area contributed by atoms with Crippen LogP contribution in [0.15, 0.2) is 335 Å². The van der Waals surface area contributed by atoms with Crippen molar-refractivity contribution in [1.29, 1.82) is 0 Å². The molecule has 20 rings (SSSR count). The van der Waals surface area contributed by atoms with E-state index in [0.29, 0.717) is 74.7 Å². The van der Waals surface area contributed by atoms with Gasteiger partial charge in [0.1, 0.15) is 22.8 Å². The summed E-state index contributed by atoms with van der Waals surface area (Å²) in [4.78, 5) is 74.8. The van der Waals surface area contributed by atoms with E-state index in [-0.39, 0.29) is 70.8 Å². The summed E-state index contributed by atoms with van der Waals surface area (Å²) in [6.07, 6.45) is 5.10. The molecule has 0 bridgehead atoms. The van der Waals surface area contributed by atoms with E-state index in [4.69, 9.17) is 24.4 Å². The van der Waals surface area contributed by atoms with Gasteiger partial charge >= 0.3 is 11.9 Å². The highest BCUT2D eigenvalue weighted by atomic mass is 16.4. The molecule has 3 aliphatic carbocycles. The fourth-order valence-corrected chi connectivity index (χ4v) is 19.8. The molecule has 4 unspecified atom stereocenters. The first-order valence-electron chi connectivity index (χ1n) is 45.7. The molecule has 16 aromatic rings. The molecule has 5 heterocycles. The van der Waals surface area contributed by atoms with E-state index in [0.717, 1.165) is 167 Å². The summed E-state index contributed by atoms with van der Waals surface area (Å²) >= 11 is 0.